The third kappa shape index (κ3) is 5.56. The van der Waals surface area contributed by atoms with E-state index >= 15 is 0 Å². The highest BCUT2D eigenvalue weighted by atomic mass is 35.5. The van der Waals surface area contributed by atoms with Crippen molar-refractivity contribution in [1.29, 1.82) is 0 Å². The number of methoxy groups -OCH3 is 1. The first kappa shape index (κ1) is 13.8. The van der Waals surface area contributed by atoms with Gasteiger partial charge >= 0.3 is 0 Å². The Morgan fingerprint density at radius 1 is 1.59 bits per heavy atom. The van der Waals surface area contributed by atoms with Crippen LogP contribution in [0.15, 0.2) is 29.3 Å². The van der Waals surface area contributed by atoms with Gasteiger partial charge in [0.1, 0.15) is 0 Å². The van der Waals surface area contributed by atoms with Gasteiger partial charge in [0, 0.05) is 18.2 Å². The fourth-order valence-electron chi connectivity index (χ4n) is 1.40. The normalized spacial score (nSPS) is 13.5. The zero-order chi connectivity index (χ0) is 12.7. The molecule has 0 aromatic heterocycles. The summed E-state index contributed by atoms with van der Waals surface area (Å²) in [5.41, 5.74) is 6.77. The largest absolute Gasteiger partial charge is 0.383 e. The minimum atomic E-state index is 0.142. The van der Waals surface area contributed by atoms with Gasteiger partial charge in [-0.25, -0.2) is 4.99 Å². The van der Waals surface area contributed by atoms with Gasteiger partial charge in [-0.1, -0.05) is 23.7 Å². The highest BCUT2D eigenvalue weighted by Crippen LogP contribution is 2.11. The van der Waals surface area contributed by atoms with E-state index in [2.05, 4.69) is 10.3 Å². The van der Waals surface area contributed by atoms with Crippen LogP contribution in [0.4, 0.5) is 0 Å². The zero-order valence-corrected chi connectivity index (χ0v) is 10.9. The molecule has 0 saturated heterocycles. The highest BCUT2D eigenvalue weighted by molar-refractivity contribution is 6.30. The summed E-state index contributed by atoms with van der Waals surface area (Å²) in [5.74, 6) is 0.412. The molecule has 0 spiro atoms. The smallest absolute Gasteiger partial charge is 0.189 e. The fourth-order valence-corrected chi connectivity index (χ4v) is 1.61. The lowest BCUT2D eigenvalue weighted by atomic mass is 10.2. The van der Waals surface area contributed by atoms with E-state index in [9.17, 15) is 0 Å². The van der Waals surface area contributed by atoms with Crippen LogP contribution in [-0.4, -0.2) is 25.7 Å². The molecule has 1 atom stereocenters. The SMILES string of the molecule is COCC(C)NC(N)=NCc1cccc(Cl)c1. The molecule has 17 heavy (non-hydrogen) atoms. The van der Waals surface area contributed by atoms with Crippen LogP contribution in [-0.2, 0) is 11.3 Å². The molecule has 0 fully saturated rings. The van der Waals surface area contributed by atoms with Crippen LogP contribution in [0.25, 0.3) is 0 Å². The average Bonchev–Trinajstić information content (AvgIpc) is 2.27. The molecule has 0 amide bonds. The molecule has 0 aliphatic carbocycles. The van der Waals surface area contributed by atoms with E-state index in [1.807, 2.05) is 31.2 Å². The number of halogens is 1. The van der Waals surface area contributed by atoms with Gasteiger partial charge in [-0.05, 0) is 24.6 Å². The quantitative estimate of drug-likeness (QED) is 0.623. The van der Waals surface area contributed by atoms with Crippen molar-refractivity contribution < 1.29 is 4.74 Å². The molecule has 1 rings (SSSR count). The van der Waals surface area contributed by atoms with Crippen LogP contribution < -0.4 is 11.1 Å². The Bertz CT molecular complexity index is 382. The Labute approximate surface area is 107 Å². The molecule has 94 valence electrons. The first-order valence-electron chi connectivity index (χ1n) is 5.41. The summed E-state index contributed by atoms with van der Waals surface area (Å²) in [7, 11) is 1.65. The molecular formula is C12H18ClN3O. The van der Waals surface area contributed by atoms with Crippen molar-refractivity contribution >= 4 is 17.6 Å². The number of nitrogens with two attached hydrogens (primary N) is 1. The molecule has 1 aromatic rings. The molecule has 0 radical (unpaired) electrons. The number of nitrogens with zero attached hydrogens (tertiary/aromatic N) is 1. The molecule has 1 aromatic carbocycles. The number of aliphatic imine (C=N–C) groups is 1. The molecule has 4 nitrogen and oxygen atoms in total. The van der Waals surface area contributed by atoms with Crippen molar-refractivity contribution in [2.75, 3.05) is 13.7 Å². The lowest BCUT2D eigenvalue weighted by Gasteiger charge is -2.13. The summed E-state index contributed by atoms with van der Waals surface area (Å²) in [6, 6.07) is 7.70. The van der Waals surface area contributed by atoms with E-state index in [1.54, 1.807) is 7.11 Å². The monoisotopic (exact) mass is 255 g/mol. The van der Waals surface area contributed by atoms with Crippen molar-refractivity contribution in [2.24, 2.45) is 10.7 Å². The Balaban J connectivity index is 2.47. The maximum absolute atomic E-state index is 5.87. The second-order valence-corrected chi connectivity index (χ2v) is 4.27. The van der Waals surface area contributed by atoms with Crippen molar-refractivity contribution in [3.8, 4) is 0 Å². The minimum absolute atomic E-state index is 0.142. The summed E-state index contributed by atoms with van der Waals surface area (Å²) in [6.45, 7) is 3.08. The van der Waals surface area contributed by atoms with Gasteiger partial charge in [0.25, 0.3) is 0 Å². The summed E-state index contributed by atoms with van der Waals surface area (Å²) in [6.07, 6.45) is 0. The Kier molecular flexibility index (Phi) is 5.80. The first-order chi connectivity index (χ1) is 8.11. The van der Waals surface area contributed by atoms with E-state index in [4.69, 9.17) is 22.1 Å². The van der Waals surface area contributed by atoms with Crippen molar-refractivity contribution in [1.82, 2.24) is 5.32 Å². The number of benzene rings is 1. The second kappa shape index (κ2) is 7.14. The number of rotatable bonds is 5. The first-order valence-corrected chi connectivity index (χ1v) is 5.79. The maximum Gasteiger partial charge on any atom is 0.189 e. The van der Waals surface area contributed by atoms with Crippen LogP contribution in [0.3, 0.4) is 0 Å². The second-order valence-electron chi connectivity index (χ2n) is 3.83. The average molecular weight is 256 g/mol. The molecule has 1 unspecified atom stereocenters. The lowest BCUT2D eigenvalue weighted by Crippen LogP contribution is -2.40. The van der Waals surface area contributed by atoms with Crippen molar-refractivity contribution in [3.63, 3.8) is 0 Å². The van der Waals surface area contributed by atoms with E-state index in [-0.39, 0.29) is 6.04 Å². The van der Waals surface area contributed by atoms with Crippen LogP contribution in [0.5, 0.6) is 0 Å². The van der Waals surface area contributed by atoms with E-state index < -0.39 is 0 Å². The van der Waals surface area contributed by atoms with Crippen LogP contribution in [0.2, 0.25) is 5.02 Å². The van der Waals surface area contributed by atoms with Gasteiger partial charge in [-0.2, -0.15) is 0 Å². The minimum Gasteiger partial charge on any atom is -0.383 e. The molecule has 5 heteroatoms. The number of hydrogen-bond donors (Lipinski definition) is 2. The number of hydrogen-bond acceptors (Lipinski definition) is 2. The topological polar surface area (TPSA) is 59.6 Å². The molecule has 0 aliphatic rings. The zero-order valence-electron chi connectivity index (χ0n) is 10.1. The van der Waals surface area contributed by atoms with Gasteiger partial charge in [-0.15, -0.1) is 0 Å². The molecule has 3 N–H and O–H groups in total. The predicted octanol–water partition coefficient (Wildman–Crippen LogP) is 1.78. The standard InChI is InChI=1S/C12H18ClN3O/c1-9(8-17-2)16-12(14)15-7-10-4-3-5-11(13)6-10/h3-6,9H,7-8H2,1-2H3,(H3,14,15,16). The van der Waals surface area contributed by atoms with Crippen LogP contribution in [0.1, 0.15) is 12.5 Å². The lowest BCUT2D eigenvalue weighted by molar-refractivity contribution is 0.179. The third-order valence-electron chi connectivity index (χ3n) is 2.13. The molecule has 0 bridgehead atoms. The maximum atomic E-state index is 5.87. The third-order valence-corrected chi connectivity index (χ3v) is 2.37. The van der Waals surface area contributed by atoms with Gasteiger partial charge in [0.05, 0.1) is 13.2 Å². The number of guanidine groups is 1. The Hall–Kier alpha value is -1.26. The molecule has 0 heterocycles. The van der Waals surface area contributed by atoms with Crippen molar-refractivity contribution in [3.05, 3.63) is 34.9 Å². The van der Waals surface area contributed by atoms with Gasteiger partial charge in [-0.3, -0.25) is 0 Å². The Morgan fingerprint density at radius 3 is 3.00 bits per heavy atom. The molecule has 0 saturated carbocycles. The fraction of sp³-hybridized carbons (Fsp3) is 0.417. The van der Waals surface area contributed by atoms with Crippen LogP contribution >= 0.6 is 11.6 Å². The van der Waals surface area contributed by atoms with E-state index in [0.29, 0.717) is 24.1 Å². The van der Waals surface area contributed by atoms with Crippen molar-refractivity contribution in [2.45, 2.75) is 19.5 Å². The van der Waals surface area contributed by atoms with E-state index in [1.165, 1.54) is 0 Å². The van der Waals surface area contributed by atoms with Crippen LogP contribution in [0, 0.1) is 0 Å². The predicted molar refractivity (Wildman–Crippen MR) is 71.3 cm³/mol. The summed E-state index contributed by atoms with van der Waals surface area (Å²) < 4.78 is 4.99. The van der Waals surface area contributed by atoms with Gasteiger partial charge < -0.3 is 15.8 Å². The number of nitrogens with one attached hydrogen (secondary N) is 1. The molecule has 0 aliphatic heterocycles. The van der Waals surface area contributed by atoms with Gasteiger partial charge in [0.2, 0.25) is 0 Å². The molecular weight excluding hydrogens is 238 g/mol. The Morgan fingerprint density at radius 2 is 2.35 bits per heavy atom. The summed E-state index contributed by atoms with van der Waals surface area (Å²) >= 11 is 5.87. The van der Waals surface area contributed by atoms with E-state index in [0.717, 1.165) is 5.56 Å². The summed E-state index contributed by atoms with van der Waals surface area (Å²) in [4.78, 5) is 4.23. The summed E-state index contributed by atoms with van der Waals surface area (Å²) in [5, 5.41) is 3.74. The number of ether oxygens (including phenoxy) is 1. The highest BCUT2D eigenvalue weighted by Gasteiger charge is 2.01. The van der Waals surface area contributed by atoms with Gasteiger partial charge in [0.15, 0.2) is 5.96 Å².